The number of benzene rings is 1. The molecule has 0 bridgehead atoms. The summed E-state index contributed by atoms with van der Waals surface area (Å²) < 4.78 is 77.7. The van der Waals surface area contributed by atoms with Crippen LogP contribution in [0.3, 0.4) is 0 Å². The van der Waals surface area contributed by atoms with Crippen LogP contribution in [0.25, 0.3) is 11.0 Å². The predicted molar refractivity (Wildman–Crippen MR) is 94.5 cm³/mol. The van der Waals surface area contributed by atoms with Gasteiger partial charge in [0.2, 0.25) is 0 Å². The molecule has 1 amide bonds. The van der Waals surface area contributed by atoms with Gasteiger partial charge in [0.1, 0.15) is 17.4 Å². The maximum absolute atomic E-state index is 13.0. The van der Waals surface area contributed by atoms with Gasteiger partial charge in [-0.25, -0.2) is 9.97 Å². The van der Waals surface area contributed by atoms with Crippen molar-refractivity contribution in [2.24, 2.45) is 5.73 Å². The van der Waals surface area contributed by atoms with Crippen LogP contribution in [0.2, 0.25) is 0 Å². The van der Waals surface area contributed by atoms with Gasteiger partial charge in [0, 0.05) is 12.7 Å². The van der Waals surface area contributed by atoms with Crippen molar-refractivity contribution >= 4 is 22.8 Å². The van der Waals surface area contributed by atoms with Crippen molar-refractivity contribution in [1.82, 2.24) is 15.0 Å². The SMILES string of the molecule is NC(=O)c1ccnc2c(NCCc3ccc(C(F)(F)F)c(C(F)(F)F)c3)ncnc12. The Morgan fingerprint density at radius 1 is 0.933 bits per heavy atom. The number of aromatic nitrogens is 3. The molecule has 158 valence electrons. The average Bonchev–Trinajstić information content (AvgIpc) is 2.66. The summed E-state index contributed by atoms with van der Waals surface area (Å²) in [6.45, 7) is 0.0389. The van der Waals surface area contributed by atoms with E-state index < -0.39 is 29.4 Å². The van der Waals surface area contributed by atoms with E-state index in [0.717, 1.165) is 12.4 Å². The molecule has 3 N–H and O–H groups in total. The number of pyridine rings is 1. The Balaban J connectivity index is 1.82. The Morgan fingerprint density at radius 2 is 1.63 bits per heavy atom. The topological polar surface area (TPSA) is 93.8 Å². The number of hydrogen-bond donors (Lipinski definition) is 2. The third kappa shape index (κ3) is 4.42. The zero-order valence-electron chi connectivity index (χ0n) is 15.0. The van der Waals surface area contributed by atoms with Crippen LogP contribution in [0.15, 0.2) is 36.8 Å². The zero-order chi connectivity index (χ0) is 22.1. The highest BCUT2D eigenvalue weighted by molar-refractivity contribution is 6.05. The van der Waals surface area contributed by atoms with Gasteiger partial charge >= 0.3 is 12.4 Å². The molecule has 0 aliphatic rings. The van der Waals surface area contributed by atoms with Gasteiger partial charge in [0.05, 0.1) is 16.7 Å². The van der Waals surface area contributed by atoms with Gasteiger partial charge in [-0.1, -0.05) is 6.07 Å². The molecule has 0 saturated carbocycles. The Kier molecular flexibility index (Phi) is 5.51. The zero-order valence-corrected chi connectivity index (χ0v) is 15.0. The molecule has 12 heteroatoms. The van der Waals surface area contributed by atoms with Crippen LogP contribution in [-0.2, 0) is 18.8 Å². The van der Waals surface area contributed by atoms with E-state index in [1.807, 2.05) is 0 Å². The first-order valence-corrected chi connectivity index (χ1v) is 8.39. The molecule has 6 nitrogen and oxygen atoms in total. The number of halogens is 6. The van der Waals surface area contributed by atoms with Gasteiger partial charge in [0.15, 0.2) is 5.82 Å². The minimum Gasteiger partial charge on any atom is -0.368 e. The summed E-state index contributed by atoms with van der Waals surface area (Å²) in [7, 11) is 0. The number of nitrogens with two attached hydrogens (primary N) is 1. The number of anilines is 1. The largest absolute Gasteiger partial charge is 0.417 e. The molecule has 0 aliphatic carbocycles. The lowest BCUT2D eigenvalue weighted by atomic mass is 10.0. The summed E-state index contributed by atoms with van der Waals surface area (Å²) in [6.07, 6.45) is -7.82. The molecule has 3 aromatic rings. The molecule has 0 atom stereocenters. The number of carbonyl (C=O) groups is 1. The molecular formula is C18H13F6N5O. The molecule has 1 aromatic carbocycles. The van der Waals surface area contributed by atoms with Gasteiger partial charge in [-0.05, 0) is 30.2 Å². The summed E-state index contributed by atoms with van der Waals surface area (Å²) >= 11 is 0. The van der Waals surface area contributed by atoms with Crippen LogP contribution in [0, 0.1) is 0 Å². The van der Waals surface area contributed by atoms with Crippen LogP contribution < -0.4 is 11.1 Å². The van der Waals surface area contributed by atoms with E-state index in [-0.39, 0.29) is 40.9 Å². The molecule has 2 aromatic heterocycles. The lowest BCUT2D eigenvalue weighted by Gasteiger charge is -2.17. The lowest BCUT2D eigenvalue weighted by molar-refractivity contribution is -0.162. The van der Waals surface area contributed by atoms with Crippen molar-refractivity contribution in [3.8, 4) is 0 Å². The Hall–Kier alpha value is -3.44. The van der Waals surface area contributed by atoms with Crippen molar-refractivity contribution in [3.05, 3.63) is 59.0 Å². The first-order valence-electron chi connectivity index (χ1n) is 8.39. The number of hydrogen-bond acceptors (Lipinski definition) is 5. The number of nitrogens with one attached hydrogen (secondary N) is 1. The quantitative estimate of drug-likeness (QED) is 0.602. The van der Waals surface area contributed by atoms with E-state index in [1.165, 1.54) is 12.3 Å². The first kappa shape index (κ1) is 21.3. The van der Waals surface area contributed by atoms with Crippen LogP contribution in [0.5, 0.6) is 0 Å². The number of rotatable bonds is 5. The molecule has 0 spiro atoms. The third-order valence-electron chi connectivity index (χ3n) is 4.19. The standard InChI is InChI=1S/C18H13F6N5O/c19-17(20,21)11-2-1-9(7-12(11)18(22,23)24)3-5-27-16-14-13(28-8-29-16)10(15(25)30)4-6-26-14/h1-2,4,6-8H,3,5H2,(H2,25,30)(H,27,28,29). The smallest absolute Gasteiger partial charge is 0.368 e. The van der Waals surface area contributed by atoms with Gasteiger partial charge in [-0.2, -0.15) is 26.3 Å². The first-order chi connectivity index (χ1) is 14.0. The molecule has 0 fully saturated rings. The Morgan fingerprint density at radius 3 is 2.27 bits per heavy atom. The molecule has 0 saturated heterocycles. The lowest BCUT2D eigenvalue weighted by Crippen LogP contribution is -2.17. The highest BCUT2D eigenvalue weighted by Crippen LogP contribution is 2.40. The maximum Gasteiger partial charge on any atom is 0.417 e. The summed E-state index contributed by atoms with van der Waals surface area (Å²) in [5.41, 5.74) is 2.37. The molecule has 0 aliphatic heterocycles. The number of primary amides is 1. The fourth-order valence-electron chi connectivity index (χ4n) is 2.85. The van der Waals surface area contributed by atoms with Crippen molar-refractivity contribution in [1.29, 1.82) is 0 Å². The number of alkyl halides is 6. The van der Waals surface area contributed by atoms with Crippen molar-refractivity contribution < 1.29 is 31.1 Å². The van der Waals surface area contributed by atoms with E-state index in [0.29, 0.717) is 12.1 Å². The minimum atomic E-state index is -5.15. The van der Waals surface area contributed by atoms with Gasteiger partial charge in [-0.3, -0.25) is 9.78 Å². The fraction of sp³-hybridized carbons (Fsp3) is 0.222. The van der Waals surface area contributed by atoms with Gasteiger partial charge in [0.25, 0.3) is 5.91 Å². The Labute approximate surface area is 165 Å². The molecular weight excluding hydrogens is 416 g/mol. The highest BCUT2D eigenvalue weighted by Gasteiger charge is 2.42. The van der Waals surface area contributed by atoms with Crippen LogP contribution in [-0.4, -0.2) is 27.4 Å². The second-order valence-electron chi connectivity index (χ2n) is 6.19. The average molecular weight is 429 g/mol. The second-order valence-corrected chi connectivity index (χ2v) is 6.19. The normalized spacial score (nSPS) is 12.2. The molecule has 30 heavy (non-hydrogen) atoms. The van der Waals surface area contributed by atoms with Crippen LogP contribution >= 0.6 is 0 Å². The molecule has 0 radical (unpaired) electrons. The maximum atomic E-state index is 13.0. The highest BCUT2D eigenvalue weighted by atomic mass is 19.4. The van der Waals surface area contributed by atoms with Crippen LogP contribution in [0.1, 0.15) is 27.0 Å². The van der Waals surface area contributed by atoms with Crippen molar-refractivity contribution in [2.45, 2.75) is 18.8 Å². The summed E-state index contributed by atoms with van der Waals surface area (Å²) in [5, 5.41) is 2.84. The minimum absolute atomic E-state index is 0.0256. The Bertz CT molecular complexity index is 1100. The summed E-state index contributed by atoms with van der Waals surface area (Å²) in [6, 6.07) is 3.26. The van der Waals surface area contributed by atoms with Gasteiger partial charge < -0.3 is 11.1 Å². The summed E-state index contributed by atoms with van der Waals surface area (Å²) in [5.74, 6) is -0.525. The summed E-state index contributed by atoms with van der Waals surface area (Å²) in [4.78, 5) is 23.5. The van der Waals surface area contributed by atoms with E-state index in [2.05, 4.69) is 20.3 Å². The van der Waals surface area contributed by atoms with E-state index in [4.69, 9.17) is 5.73 Å². The second kappa shape index (κ2) is 7.76. The van der Waals surface area contributed by atoms with E-state index >= 15 is 0 Å². The van der Waals surface area contributed by atoms with Crippen molar-refractivity contribution in [2.75, 3.05) is 11.9 Å². The number of fused-ring (bicyclic) bond motifs is 1. The number of carbonyl (C=O) groups excluding carboxylic acids is 1. The van der Waals surface area contributed by atoms with Crippen LogP contribution in [0.4, 0.5) is 32.2 Å². The molecule has 3 rings (SSSR count). The van der Waals surface area contributed by atoms with Gasteiger partial charge in [-0.15, -0.1) is 0 Å². The predicted octanol–water partition coefficient (Wildman–Crippen LogP) is 3.82. The number of amides is 1. The monoisotopic (exact) mass is 429 g/mol. The molecule has 0 unspecified atom stereocenters. The van der Waals surface area contributed by atoms with E-state index in [1.54, 1.807) is 0 Å². The fourth-order valence-corrected chi connectivity index (χ4v) is 2.85. The van der Waals surface area contributed by atoms with E-state index in [9.17, 15) is 31.1 Å². The van der Waals surface area contributed by atoms with Crippen molar-refractivity contribution in [3.63, 3.8) is 0 Å². The molecule has 2 heterocycles. The third-order valence-corrected chi connectivity index (χ3v) is 4.19. The number of nitrogens with zero attached hydrogens (tertiary/aromatic N) is 3.